The quantitative estimate of drug-likeness (QED) is 0.882. The van der Waals surface area contributed by atoms with Crippen LogP contribution in [-0.4, -0.2) is 40.9 Å². The Bertz CT molecular complexity index is 575. The van der Waals surface area contributed by atoms with Gasteiger partial charge in [0.05, 0.1) is 12.1 Å². The van der Waals surface area contributed by atoms with E-state index in [0.717, 1.165) is 15.4 Å². The molecular formula is C13H16BrN3O2. The number of aliphatic hydroxyl groups is 1. The zero-order valence-corrected chi connectivity index (χ0v) is 12.4. The highest BCUT2D eigenvalue weighted by Gasteiger charge is 2.20. The lowest BCUT2D eigenvalue weighted by atomic mass is 10.1. The van der Waals surface area contributed by atoms with Gasteiger partial charge < -0.3 is 15.2 Å². The van der Waals surface area contributed by atoms with Gasteiger partial charge in [-0.15, -0.1) is 0 Å². The molecule has 0 fully saturated rings. The van der Waals surface area contributed by atoms with Crippen molar-refractivity contribution in [3.63, 3.8) is 0 Å². The summed E-state index contributed by atoms with van der Waals surface area (Å²) in [7, 11) is 1.56. The van der Waals surface area contributed by atoms with Crippen molar-refractivity contribution in [2.45, 2.75) is 12.5 Å². The number of hydrogen-bond donors (Lipinski definition) is 2. The van der Waals surface area contributed by atoms with Gasteiger partial charge >= 0.3 is 0 Å². The van der Waals surface area contributed by atoms with Gasteiger partial charge in [0.15, 0.2) is 0 Å². The standard InChI is InChI=1S/C13H16BrN3O2/c1-13(18,7-19-2)6-15-12-10-4-3-9(14)5-11(10)16-8-17-12/h3-5,8,18H,6-7H2,1-2H3,(H,15,16,17). The normalized spacial score (nSPS) is 14.3. The fraction of sp³-hybridized carbons (Fsp3) is 0.385. The topological polar surface area (TPSA) is 67.3 Å². The van der Waals surface area contributed by atoms with Crippen molar-refractivity contribution in [1.29, 1.82) is 0 Å². The first-order valence-electron chi connectivity index (χ1n) is 5.87. The number of ether oxygens (including phenoxy) is 1. The first kappa shape index (κ1) is 14.2. The van der Waals surface area contributed by atoms with Gasteiger partial charge in [-0.05, 0) is 25.1 Å². The fourth-order valence-corrected chi connectivity index (χ4v) is 2.16. The van der Waals surface area contributed by atoms with Crippen LogP contribution in [-0.2, 0) is 4.74 Å². The molecule has 1 unspecified atom stereocenters. The number of halogens is 1. The Morgan fingerprint density at radius 1 is 1.42 bits per heavy atom. The molecule has 0 saturated carbocycles. The lowest BCUT2D eigenvalue weighted by Gasteiger charge is -2.23. The van der Waals surface area contributed by atoms with E-state index in [-0.39, 0.29) is 6.61 Å². The second kappa shape index (κ2) is 5.81. The van der Waals surface area contributed by atoms with Gasteiger partial charge in [-0.25, -0.2) is 9.97 Å². The van der Waals surface area contributed by atoms with E-state index in [1.807, 2.05) is 18.2 Å². The van der Waals surface area contributed by atoms with Crippen LogP contribution >= 0.6 is 15.9 Å². The highest BCUT2D eigenvalue weighted by Crippen LogP contribution is 2.23. The van der Waals surface area contributed by atoms with E-state index in [1.165, 1.54) is 6.33 Å². The van der Waals surface area contributed by atoms with Crippen LogP contribution in [0.25, 0.3) is 10.9 Å². The minimum absolute atomic E-state index is 0.258. The zero-order valence-electron chi connectivity index (χ0n) is 10.9. The maximum Gasteiger partial charge on any atom is 0.137 e. The predicted octanol–water partition coefficient (Wildman–Crippen LogP) is 2.20. The SMILES string of the molecule is COCC(C)(O)CNc1ncnc2cc(Br)ccc12. The van der Waals surface area contributed by atoms with E-state index in [1.54, 1.807) is 14.0 Å². The van der Waals surface area contributed by atoms with Crippen molar-refractivity contribution in [3.05, 3.63) is 29.0 Å². The van der Waals surface area contributed by atoms with Crippen molar-refractivity contribution in [1.82, 2.24) is 9.97 Å². The van der Waals surface area contributed by atoms with Gasteiger partial charge in [-0.1, -0.05) is 15.9 Å². The van der Waals surface area contributed by atoms with Crippen LogP contribution in [0.15, 0.2) is 29.0 Å². The van der Waals surface area contributed by atoms with Crippen LogP contribution in [0.4, 0.5) is 5.82 Å². The smallest absolute Gasteiger partial charge is 0.137 e. The molecule has 1 aromatic carbocycles. The van der Waals surface area contributed by atoms with Crippen LogP contribution in [0.5, 0.6) is 0 Å². The summed E-state index contributed by atoms with van der Waals surface area (Å²) in [5.41, 5.74) is -0.0975. The molecule has 0 saturated heterocycles. The highest BCUT2D eigenvalue weighted by molar-refractivity contribution is 9.10. The van der Waals surface area contributed by atoms with Crippen molar-refractivity contribution in [3.8, 4) is 0 Å². The third-order valence-corrected chi connectivity index (χ3v) is 3.18. The number of rotatable bonds is 5. The molecule has 1 aromatic heterocycles. The van der Waals surface area contributed by atoms with Crippen molar-refractivity contribution in [2.24, 2.45) is 0 Å². The molecule has 1 heterocycles. The summed E-state index contributed by atoms with van der Waals surface area (Å²) >= 11 is 3.41. The minimum atomic E-state index is -0.943. The van der Waals surface area contributed by atoms with Gasteiger partial charge in [0.1, 0.15) is 17.7 Å². The summed E-state index contributed by atoms with van der Waals surface area (Å²) in [6.45, 7) is 2.32. The number of anilines is 1. The lowest BCUT2D eigenvalue weighted by molar-refractivity contribution is -0.00639. The summed E-state index contributed by atoms with van der Waals surface area (Å²) in [5, 5.41) is 14.1. The molecule has 2 N–H and O–H groups in total. The minimum Gasteiger partial charge on any atom is -0.386 e. The monoisotopic (exact) mass is 325 g/mol. The Morgan fingerprint density at radius 3 is 2.95 bits per heavy atom. The summed E-state index contributed by atoms with van der Waals surface area (Å²) in [4.78, 5) is 8.43. The summed E-state index contributed by atoms with van der Waals surface area (Å²) in [5.74, 6) is 0.703. The summed E-state index contributed by atoms with van der Waals surface area (Å²) in [6, 6.07) is 5.80. The van der Waals surface area contributed by atoms with E-state index in [2.05, 4.69) is 31.2 Å². The number of nitrogens with zero attached hydrogens (tertiary/aromatic N) is 2. The Morgan fingerprint density at radius 2 is 2.21 bits per heavy atom. The first-order valence-corrected chi connectivity index (χ1v) is 6.66. The predicted molar refractivity (Wildman–Crippen MR) is 78.2 cm³/mol. The molecular weight excluding hydrogens is 310 g/mol. The molecule has 2 rings (SSSR count). The van der Waals surface area contributed by atoms with Crippen LogP contribution in [0.1, 0.15) is 6.92 Å². The average Bonchev–Trinajstić information content (AvgIpc) is 2.36. The molecule has 2 aromatic rings. The molecule has 0 aliphatic carbocycles. The van der Waals surface area contributed by atoms with Gasteiger partial charge in [-0.3, -0.25) is 0 Å². The molecule has 102 valence electrons. The Hall–Kier alpha value is -1.24. The second-order valence-electron chi connectivity index (χ2n) is 4.67. The molecule has 19 heavy (non-hydrogen) atoms. The van der Waals surface area contributed by atoms with E-state index < -0.39 is 5.60 Å². The number of hydrogen-bond acceptors (Lipinski definition) is 5. The molecule has 1 atom stereocenters. The fourth-order valence-electron chi connectivity index (χ4n) is 1.81. The second-order valence-corrected chi connectivity index (χ2v) is 5.58. The Labute approximate surface area is 120 Å². The van der Waals surface area contributed by atoms with E-state index >= 15 is 0 Å². The number of aromatic nitrogens is 2. The molecule has 6 heteroatoms. The Balaban J connectivity index is 2.21. The molecule has 0 bridgehead atoms. The number of methoxy groups -OCH3 is 1. The van der Waals surface area contributed by atoms with Crippen LogP contribution in [0, 0.1) is 0 Å². The Kier molecular flexibility index (Phi) is 4.34. The van der Waals surface area contributed by atoms with Gasteiger partial charge in [0.2, 0.25) is 0 Å². The molecule has 0 radical (unpaired) electrons. The van der Waals surface area contributed by atoms with Crippen molar-refractivity contribution in [2.75, 3.05) is 25.6 Å². The zero-order chi connectivity index (χ0) is 13.9. The van der Waals surface area contributed by atoms with Crippen LogP contribution in [0.2, 0.25) is 0 Å². The molecule has 0 spiro atoms. The molecule has 0 amide bonds. The van der Waals surface area contributed by atoms with Crippen molar-refractivity contribution < 1.29 is 9.84 Å². The molecule has 0 aliphatic rings. The number of fused-ring (bicyclic) bond motifs is 1. The van der Waals surface area contributed by atoms with Crippen LogP contribution < -0.4 is 5.32 Å². The number of benzene rings is 1. The maximum atomic E-state index is 10.1. The largest absolute Gasteiger partial charge is 0.386 e. The first-order chi connectivity index (χ1) is 9.02. The molecule has 5 nitrogen and oxygen atoms in total. The van der Waals surface area contributed by atoms with Crippen molar-refractivity contribution >= 4 is 32.7 Å². The maximum absolute atomic E-state index is 10.1. The van der Waals surface area contributed by atoms with E-state index in [0.29, 0.717) is 12.4 Å². The van der Waals surface area contributed by atoms with E-state index in [9.17, 15) is 5.11 Å². The third kappa shape index (κ3) is 3.62. The van der Waals surface area contributed by atoms with E-state index in [4.69, 9.17) is 4.74 Å². The third-order valence-electron chi connectivity index (χ3n) is 2.69. The molecule has 0 aliphatic heterocycles. The summed E-state index contributed by atoms with van der Waals surface area (Å²) < 4.78 is 5.94. The number of nitrogens with one attached hydrogen (secondary N) is 1. The van der Waals surface area contributed by atoms with Gasteiger partial charge in [0.25, 0.3) is 0 Å². The van der Waals surface area contributed by atoms with Gasteiger partial charge in [0, 0.05) is 23.5 Å². The lowest BCUT2D eigenvalue weighted by Crippen LogP contribution is -2.38. The summed E-state index contributed by atoms with van der Waals surface area (Å²) in [6.07, 6.45) is 1.50. The van der Waals surface area contributed by atoms with Gasteiger partial charge in [-0.2, -0.15) is 0 Å². The van der Waals surface area contributed by atoms with Crippen LogP contribution in [0.3, 0.4) is 0 Å². The average molecular weight is 326 g/mol. The highest BCUT2D eigenvalue weighted by atomic mass is 79.9.